The summed E-state index contributed by atoms with van der Waals surface area (Å²) in [5.41, 5.74) is 2.73. The van der Waals surface area contributed by atoms with E-state index >= 15 is 0 Å². The number of carbonyl (C=O) groups is 1. The summed E-state index contributed by atoms with van der Waals surface area (Å²) >= 11 is 0. The maximum absolute atomic E-state index is 13.7. The minimum Gasteiger partial charge on any atom is -0.448 e. The van der Waals surface area contributed by atoms with Crippen LogP contribution in [0.15, 0.2) is 59.2 Å². The smallest absolute Gasteiger partial charge is 0.273 e. The van der Waals surface area contributed by atoms with Gasteiger partial charge in [0, 0.05) is 31.6 Å². The van der Waals surface area contributed by atoms with Crippen molar-refractivity contribution in [3.05, 3.63) is 83.6 Å². The lowest BCUT2D eigenvalue weighted by atomic mass is 10.00. The van der Waals surface area contributed by atoms with Crippen molar-refractivity contribution in [3.8, 4) is 0 Å². The van der Waals surface area contributed by atoms with Crippen LogP contribution in [-0.4, -0.2) is 45.4 Å². The van der Waals surface area contributed by atoms with Gasteiger partial charge in [-0.25, -0.2) is 14.4 Å². The molecular weight excluding hydrogens is 409 g/mol. The molecule has 1 fully saturated rings. The standard InChI is InChI=1S/C24H24FN5O2/c25-18-7-2-1-6-16(18)12-26-23(31)21-15-32-24(29-21)17-13-30(14-17)11-5-10-22-27-19-8-3-4-9-20(19)28-22/h1-4,6-9,15,17H,5,10-14H2,(H,26,31)(H,27,28). The first kappa shape index (κ1) is 20.4. The first-order valence-electron chi connectivity index (χ1n) is 10.8. The summed E-state index contributed by atoms with van der Waals surface area (Å²) in [7, 11) is 0. The molecule has 0 aliphatic carbocycles. The quantitative estimate of drug-likeness (QED) is 0.443. The molecule has 1 aliphatic rings. The van der Waals surface area contributed by atoms with E-state index in [4.69, 9.17) is 4.42 Å². The van der Waals surface area contributed by atoms with Crippen molar-refractivity contribution < 1.29 is 13.6 Å². The number of imidazole rings is 1. The number of aryl methyl sites for hydroxylation is 1. The first-order chi connectivity index (χ1) is 15.7. The van der Waals surface area contributed by atoms with E-state index in [0.29, 0.717) is 11.5 Å². The Labute approximate surface area is 184 Å². The van der Waals surface area contributed by atoms with E-state index in [1.165, 1.54) is 12.3 Å². The summed E-state index contributed by atoms with van der Waals surface area (Å²) in [5, 5.41) is 2.69. The molecule has 2 aromatic heterocycles. The lowest BCUT2D eigenvalue weighted by molar-refractivity contribution is 0.0945. The number of nitrogens with one attached hydrogen (secondary N) is 2. The summed E-state index contributed by atoms with van der Waals surface area (Å²) in [5.74, 6) is 1.07. The van der Waals surface area contributed by atoms with E-state index in [9.17, 15) is 9.18 Å². The molecule has 0 atom stereocenters. The number of carbonyl (C=O) groups excluding carboxylic acids is 1. The van der Waals surface area contributed by atoms with Gasteiger partial charge in [0.25, 0.3) is 5.91 Å². The van der Waals surface area contributed by atoms with E-state index in [-0.39, 0.29) is 29.9 Å². The number of amides is 1. The molecule has 164 valence electrons. The summed E-state index contributed by atoms with van der Waals surface area (Å²) in [6.45, 7) is 2.80. The van der Waals surface area contributed by atoms with Crippen LogP contribution in [0.5, 0.6) is 0 Å². The third-order valence-corrected chi connectivity index (χ3v) is 5.78. The number of aromatic amines is 1. The highest BCUT2D eigenvalue weighted by Gasteiger charge is 2.32. The molecule has 0 radical (unpaired) electrons. The fourth-order valence-corrected chi connectivity index (χ4v) is 3.99. The molecule has 3 heterocycles. The number of halogens is 1. The molecule has 4 aromatic rings. The van der Waals surface area contributed by atoms with E-state index in [0.717, 1.165) is 49.3 Å². The Balaban J connectivity index is 1.06. The molecule has 0 saturated carbocycles. The Morgan fingerprint density at radius 1 is 1.16 bits per heavy atom. The average molecular weight is 433 g/mol. The zero-order valence-corrected chi connectivity index (χ0v) is 17.6. The number of hydrogen-bond acceptors (Lipinski definition) is 5. The molecule has 8 heteroatoms. The van der Waals surface area contributed by atoms with Gasteiger partial charge in [-0.1, -0.05) is 30.3 Å². The highest BCUT2D eigenvalue weighted by molar-refractivity contribution is 5.91. The number of fused-ring (bicyclic) bond motifs is 1. The molecule has 0 spiro atoms. The SMILES string of the molecule is O=C(NCc1ccccc1F)c1coc(C2CN(CCCc3nc4ccccc4[nH]3)C2)n1. The summed E-state index contributed by atoms with van der Waals surface area (Å²) in [6.07, 6.45) is 3.29. The number of rotatable bonds is 8. The Kier molecular flexibility index (Phi) is 5.68. The van der Waals surface area contributed by atoms with Gasteiger partial charge in [-0.05, 0) is 31.2 Å². The average Bonchev–Trinajstić information content (AvgIpc) is 3.41. The Bertz CT molecular complexity index is 1190. The monoisotopic (exact) mass is 433 g/mol. The summed E-state index contributed by atoms with van der Waals surface area (Å²) in [4.78, 5) is 27.0. The van der Waals surface area contributed by atoms with Crippen LogP contribution in [-0.2, 0) is 13.0 Å². The number of benzene rings is 2. The Hall–Kier alpha value is -3.52. The molecule has 0 unspecified atom stereocenters. The van der Waals surface area contributed by atoms with Crippen LogP contribution in [0.2, 0.25) is 0 Å². The van der Waals surface area contributed by atoms with Crippen molar-refractivity contribution in [2.75, 3.05) is 19.6 Å². The summed E-state index contributed by atoms with van der Waals surface area (Å²) < 4.78 is 19.2. The van der Waals surface area contributed by atoms with Crippen LogP contribution in [0, 0.1) is 5.82 Å². The number of para-hydroxylation sites is 2. The van der Waals surface area contributed by atoms with Crippen LogP contribution in [0.4, 0.5) is 4.39 Å². The fourth-order valence-electron chi connectivity index (χ4n) is 3.99. The van der Waals surface area contributed by atoms with Crippen molar-refractivity contribution in [2.45, 2.75) is 25.3 Å². The topological polar surface area (TPSA) is 87.0 Å². The number of nitrogens with zero attached hydrogens (tertiary/aromatic N) is 3. The van der Waals surface area contributed by atoms with Crippen LogP contribution < -0.4 is 5.32 Å². The first-order valence-corrected chi connectivity index (χ1v) is 10.8. The molecule has 1 saturated heterocycles. The van der Waals surface area contributed by atoms with Gasteiger partial charge in [0.15, 0.2) is 11.6 Å². The van der Waals surface area contributed by atoms with Crippen molar-refractivity contribution in [1.29, 1.82) is 0 Å². The van der Waals surface area contributed by atoms with E-state index in [1.807, 2.05) is 24.3 Å². The van der Waals surface area contributed by atoms with Gasteiger partial charge >= 0.3 is 0 Å². The minimum absolute atomic E-state index is 0.107. The lowest BCUT2D eigenvalue weighted by Crippen LogP contribution is -2.45. The molecule has 32 heavy (non-hydrogen) atoms. The number of aromatic nitrogens is 3. The van der Waals surface area contributed by atoms with Crippen molar-refractivity contribution >= 4 is 16.9 Å². The van der Waals surface area contributed by atoms with Gasteiger partial charge in [-0.3, -0.25) is 4.79 Å². The predicted octanol–water partition coefficient (Wildman–Crippen LogP) is 3.65. The van der Waals surface area contributed by atoms with Crippen molar-refractivity contribution in [2.24, 2.45) is 0 Å². The van der Waals surface area contributed by atoms with E-state index in [1.54, 1.807) is 18.2 Å². The van der Waals surface area contributed by atoms with Crippen LogP contribution in [0.3, 0.4) is 0 Å². The number of H-pyrrole nitrogens is 1. The number of oxazole rings is 1. The molecule has 0 bridgehead atoms. The zero-order valence-electron chi connectivity index (χ0n) is 17.6. The number of likely N-dealkylation sites (tertiary alicyclic amines) is 1. The summed E-state index contributed by atoms with van der Waals surface area (Å²) in [6, 6.07) is 14.4. The van der Waals surface area contributed by atoms with E-state index in [2.05, 4.69) is 25.2 Å². The highest BCUT2D eigenvalue weighted by Crippen LogP contribution is 2.26. The van der Waals surface area contributed by atoms with E-state index < -0.39 is 0 Å². The van der Waals surface area contributed by atoms with Gasteiger partial charge in [0.2, 0.25) is 0 Å². The van der Waals surface area contributed by atoms with Crippen molar-refractivity contribution in [3.63, 3.8) is 0 Å². The van der Waals surface area contributed by atoms with Crippen molar-refractivity contribution in [1.82, 2.24) is 25.2 Å². The lowest BCUT2D eigenvalue weighted by Gasteiger charge is -2.37. The second kappa shape index (κ2) is 8.92. The minimum atomic E-state index is -0.370. The molecule has 2 N–H and O–H groups in total. The zero-order chi connectivity index (χ0) is 21.9. The third kappa shape index (κ3) is 4.40. The highest BCUT2D eigenvalue weighted by atomic mass is 19.1. The normalized spacial score (nSPS) is 14.5. The largest absolute Gasteiger partial charge is 0.448 e. The van der Waals surface area contributed by atoms with Crippen LogP contribution >= 0.6 is 0 Å². The Morgan fingerprint density at radius 3 is 2.81 bits per heavy atom. The van der Waals surface area contributed by atoms with Gasteiger partial charge in [0.1, 0.15) is 17.9 Å². The molecule has 5 rings (SSSR count). The van der Waals surface area contributed by atoms with Gasteiger partial charge in [-0.15, -0.1) is 0 Å². The fraction of sp³-hybridized carbons (Fsp3) is 0.292. The van der Waals surface area contributed by atoms with Crippen LogP contribution in [0.25, 0.3) is 11.0 Å². The Morgan fingerprint density at radius 2 is 1.97 bits per heavy atom. The predicted molar refractivity (Wildman–Crippen MR) is 118 cm³/mol. The molecule has 7 nitrogen and oxygen atoms in total. The second-order valence-electron chi connectivity index (χ2n) is 8.11. The number of hydrogen-bond donors (Lipinski definition) is 2. The van der Waals surface area contributed by atoms with Gasteiger partial charge in [0.05, 0.1) is 17.0 Å². The van der Waals surface area contributed by atoms with Crippen LogP contribution in [0.1, 0.15) is 40.1 Å². The third-order valence-electron chi connectivity index (χ3n) is 5.78. The van der Waals surface area contributed by atoms with Gasteiger partial charge in [-0.2, -0.15) is 0 Å². The molecule has 1 amide bonds. The molecule has 2 aromatic carbocycles. The maximum Gasteiger partial charge on any atom is 0.273 e. The second-order valence-corrected chi connectivity index (χ2v) is 8.11. The van der Waals surface area contributed by atoms with Gasteiger partial charge < -0.3 is 19.6 Å². The molecular formula is C24H24FN5O2. The molecule has 1 aliphatic heterocycles. The maximum atomic E-state index is 13.7.